The molecule has 3 rings (SSSR count). The molecular weight excluding hydrogens is 336 g/mol. The first-order valence-corrected chi connectivity index (χ1v) is 8.37. The molecule has 0 saturated heterocycles. The standard InChI is InChI=1S/C19H20N2O5/c22-17(19(8-9-19)18(23)24)21-13-14-6-7-16(20-12-14)26-11-10-25-15-4-2-1-3-5-15/h1-7,12H,8-11,13H2,(H,21,22)(H,23,24). The molecule has 0 aliphatic heterocycles. The van der Waals surface area contributed by atoms with E-state index in [2.05, 4.69) is 10.3 Å². The number of carbonyl (C=O) groups excluding carboxylic acids is 1. The lowest BCUT2D eigenvalue weighted by Crippen LogP contribution is -2.36. The van der Waals surface area contributed by atoms with Crippen LogP contribution >= 0.6 is 0 Å². The number of carboxylic acid groups (broad SMARTS) is 1. The lowest BCUT2D eigenvalue weighted by atomic mass is 10.1. The van der Waals surface area contributed by atoms with E-state index in [-0.39, 0.29) is 6.54 Å². The molecule has 1 aliphatic carbocycles. The number of ether oxygens (including phenoxy) is 2. The molecule has 1 aliphatic rings. The van der Waals surface area contributed by atoms with Gasteiger partial charge in [-0.15, -0.1) is 0 Å². The number of para-hydroxylation sites is 1. The van der Waals surface area contributed by atoms with Crippen LogP contribution in [0.3, 0.4) is 0 Å². The van der Waals surface area contributed by atoms with Gasteiger partial charge in [0.15, 0.2) is 0 Å². The van der Waals surface area contributed by atoms with Crippen LogP contribution in [-0.4, -0.2) is 35.2 Å². The predicted molar refractivity (Wildman–Crippen MR) is 92.8 cm³/mol. The normalized spacial score (nSPS) is 14.3. The fourth-order valence-electron chi connectivity index (χ4n) is 2.44. The van der Waals surface area contributed by atoms with Crippen LogP contribution in [-0.2, 0) is 16.1 Å². The number of benzene rings is 1. The largest absolute Gasteiger partial charge is 0.490 e. The zero-order chi connectivity index (χ0) is 18.4. The van der Waals surface area contributed by atoms with Crippen LogP contribution in [0.25, 0.3) is 0 Å². The lowest BCUT2D eigenvalue weighted by molar-refractivity contribution is -0.149. The van der Waals surface area contributed by atoms with Crippen LogP contribution in [0.15, 0.2) is 48.7 Å². The molecule has 1 saturated carbocycles. The Balaban J connectivity index is 1.39. The molecule has 1 fully saturated rings. The van der Waals surface area contributed by atoms with Gasteiger partial charge in [-0.2, -0.15) is 0 Å². The van der Waals surface area contributed by atoms with Crippen LogP contribution in [0.2, 0.25) is 0 Å². The van der Waals surface area contributed by atoms with E-state index in [0.717, 1.165) is 11.3 Å². The maximum atomic E-state index is 11.9. The number of carboxylic acids is 1. The van der Waals surface area contributed by atoms with Gasteiger partial charge in [0.2, 0.25) is 11.8 Å². The molecule has 7 nitrogen and oxygen atoms in total. The number of amides is 1. The second-order valence-electron chi connectivity index (χ2n) is 6.08. The number of pyridine rings is 1. The van der Waals surface area contributed by atoms with Crippen molar-refractivity contribution < 1.29 is 24.2 Å². The van der Waals surface area contributed by atoms with Gasteiger partial charge in [0.25, 0.3) is 0 Å². The van der Waals surface area contributed by atoms with Gasteiger partial charge < -0.3 is 19.9 Å². The van der Waals surface area contributed by atoms with Gasteiger partial charge in [-0.1, -0.05) is 24.3 Å². The summed E-state index contributed by atoms with van der Waals surface area (Å²) in [5.74, 6) is -0.260. The van der Waals surface area contributed by atoms with Gasteiger partial charge in [0.1, 0.15) is 24.4 Å². The first kappa shape index (κ1) is 17.7. The van der Waals surface area contributed by atoms with Crippen molar-refractivity contribution in [1.82, 2.24) is 10.3 Å². The number of nitrogens with one attached hydrogen (secondary N) is 1. The van der Waals surface area contributed by atoms with Crippen LogP contribution < -0.4 is 14.8 Å². The molecule has 7 heteroatoms. The first-order chi connectivity index (χ1) is 12.6. The Hall–Kier alpha value is -3.09. The fraction of sp³-hybridized carbons (Fsp3) is 0.316. The van der Waals surface area contributed by atoms with Gasteiger partial charge in [-0.25, -0.2) is 4.98 Å². The molecule has 1 heterocycles. The van der Waals surface area contributed by atoms with E-state index in [1.807, 2.05) is 30.3 Å². The maximum absolute atomic E-state index is 11.9. The topological polar surface area (TPSA) is 97.8 Å². The van der Waals surface area contributed by atoms with Crippen molar-refractivity contribution in [2.45, 2.75) is 19.4 Å². The number of aliphatic carboxylic acids is 1. The number of hydrogen-bond acceptors (Lipinski definition) is 5. The monoisotopic (exact) mass is 356 g/mol. The predicted octanol–water partition coefficient (Wildman–Crippen LogP) is 2.02. The average molecular weight is 356 g/mol. The van der Waals surface area contributed by atoms with E-state index >= 15 is 0 Å². The Morgan fingerprint density at radius 2 is 1.81 bits per heavy atom. The van der Waals surface area contributed by atoms with Gasteiger partial charge in [-0.3, -0.25) is 9.59 Å². The summed E-state index contributed by atoms with van der Waals surface area (Å²) in [4.78, 5) is 27.2. The SMILES string of the molecule is O=C(O)C1(C(=O)NCc2ccc(OCCOc3ccccc3)nc2)CC1. The van der Waals surface area contributed by atoms with E-state index in [9.17, 15) is 9.59 Å². The molecule has 0 unspecified atom stereocenters. The smallest absolute Gasteiger partial charge is 0.319 e. The van der Waals surface area contributed by atoms with Crippen molar-refractivity contribution in [3.63, 3.8) is 0 Å². The zero-order valence-electron chi connectivity index (χ0n) is 14.2. The van der Waals surface area contributed by atoms with Crippen LogP contribution in [0.5, 0.6) is 11.6 Å². The summed E-state index contributed by atoms with van der Waals surface area (Å²) in [6.45, 7) is 0.998. The van der Waals surface area contributed by atoms with Crippen molar-refractivity contribution in [1.29, 1.82) is 0 Å². The van der Waals surface area contributed by atoms with Gasteiger partial charge in [0, 0.05) is 18.8 Å². The van der Waals surface area contributed by atoms with Crippen molar-refractivity contribution >= 4 is 11.9 Å². The van der Waals surface area contributed by atoms with E-state index in [1.165, 1.54) is 0 Å². The number of hydrogen-bond donors (Lipinski definition) is 2. The van der Waals surface area contributed by atoms with Crippen LogP contribution in [0.1, 0.15) is 18.4 Å². The van der Waals surface area contributed by atoms with Crippen LogP contribution in [0.4, 0.5) is 0 Å². The maximum Gasteiger partial charge on any atom is 0.319 e. The third-order valence-corrected chi connectivity index (χ3v) is 4.19. The Morgan fingerprint density at radius 1 is 1.08 bits per heavy atom. The highest BCUT2D eigenvalue weighted by Crippen LogP contribution is 2.46. The second kappa shape index (κ2) is 7.86. The number of nitrogens with zero attached hydrogens (tertiary/aromatic N) is 1. The summed E-state index contributed by atoms with van der Waals surface area (Å²) in [6, 6.07) is 12.9. The van der Waals surface area contributed by atoms with Gasteiger partial charge >= 0.3 is 5.97 Å². The number of carbonyl (C=O) groups is 2. The molecule has 1 amide bonds. The zero-order valence-corrected chi connectivity index (χ0v) is 14.2. The molecular formula is C19H20N2O5. The average Bonchev–Trinajstić information content (AvgIpc) is 3.47. The number of aromatic nitrogens is 1. The highest BCUT2D eigenvalue weighted by Gasteiger charge is 2.56. The summed E-state index contributed by atoms with van der Waals surface area (Å²) < 4.78 is 11.0. The molecule has 2 N–H and O–H groups in total. The van der Waals surface area contributed by atoms with Gasteiger partial charge in [0.05, 0.1) is 0 Å². The molecule has 2 aromatic rings. The Bertz CT molecular complexity index is 757. The quantitative estimate of drug-likeness (QED) is 0.527. The third kappa shape index (κ3) is 4.30. The Labute approximate surface area is 151 Å². The summed E-state index contributed by atoms with van der Waals surface area (Å²) in [5, 5.41) is 11.7. The van der Waals surface area contributed by atoms with E-state index in [1.54, 1.807) is 18.3 Å². The molecule has 1 aromatic heterocycles. The third-order valence-electron chi connectivity index (χ3n) is 4.19. The van der Waals surface area contributed by atoms with Crippen LogP contribution in [0, 0.1) is 5.41 Å². The minimum atomic E-state index is -1.23. The molecule has 26 heavy (non-hydrogen) atoms. The molecule has 0 radical (unpaired) electrons. The summed E-state index contributed by atoms with van der Waals surface area (Å²) >= 11 is 0. The highest BCUT2D eigenvalue weighted by molar-refractivity contribution is 6.04. The van der Waals surface area contributed by atoms with Gasteiger partial charge in [-0.05, 0) is 30.5 Å². The first-order valence-electron chi connectivity index (χ1n) is 8.37. The minimum absolute atomic E-state index is 0.234. The van der Waals surface area contributed by atoms with Crippen molar-refractivity contribution in [2.75, 3.05) is 13.2 Å². The lowest BCUT2D eigenvalue weighted by Gasteiger charge is -2.11. The van der Waals surface area contributed by atoms with E-state index < -0.39 is 17.3 Å². The molecule has 1 aromatic carbocycles. The minimum Gasteiger partial charge on any atom is -0.490 e. The molecule has 0 atom stereocenters. The summed E-state index contributed by atoms with van der Waals surface area (Å²) in [5.41, 5.74) is -0.456. The molecule has 0 spiro atoms. The molecule has 0 bridgehead atoms. The highest BCUT2D eigenvalue weighted by atomic mass is 16.5. The summed E-state index contributed by atoms with van der Waals surface area (Å²) in [6.07, 6.45) is 2.38. The number of rotatable bonds is 9. The van der Waals surface area contributed by atoms with E-state index in [4.69, 9.17) is 14.6 Å². The second-order valence-corrected chi connectivity index (χ2v) is 6.08. The summed E-state index contributed by atoms with van der Waals surface area (Å²) in [7, 11) is 0. The van der Waals surface area contributed by atoms with E-state index in [0.29, 0.717) is 31.9 Å². The van der Waals surface area contributed by atoms with Crippen molar-refractivity contribution in [2.24, 2.45) is 5.41 Å². The van der Waals surface area contributed by atoms with Crippen molar-refractivity contribution in [3.8, 4) is 11.6 Å². The fourth-order valence-corrected chi connectivity index (χ4v) is 2.44. The Morgan fingerprint density at radius 3 is 2.42 bits per heavy atom. The molecule has 136 valence electrons. The Kier molecular flexibility index (Phi) is 5.36. The van der Waals surface area contributed by atoms with Crippen molar-refractivity contribution in [3.05, 3.63) is 54.2 Å².